The number of likely N-dealkylation sites (N-methyl/N-ethyl adjacent to an activating group) is 1. The minimum absolute atomic E-state index is 0.0710. The molecule has 0 saturated heterocycles. The lowest BCUT2D eigenvalue weighted by molar-refractivity contribution is -0.870. The molecule has 0 bridgehead atoms. The first-order valence-electron chi connectivity index (χ1n) is 26.3. The number of quaternary nitrogens is 1. The van der Waals surface area contributed by atoms with E-state index in [1.807, 2.05) is 21.1 Å². The first kappa shape index (κ1) is 61.9. The van der Waals surface area contributed by atoms with E-state index in [4.69, 9.17) is 9.05 Å². The first-order valence-corrected chi connectivity index (χ1v) is 27.8. The maximum absolute atomic E-state index is 13.0. The van der Waals surface area contributed by atoms with Gasteiger partial charge in [0.15, 0.2) is 0 Å². The van der Waals surface area contributed by atoms with Gasteiger partial charge in [-0.3, -0.25) is 13.8 Å². The van der Waals surface area contributed by atoms with Crippen molar-refractivity contribution in [2.75, 3.05) is 40.9 Å². The van der Waals surface area contributed by atoms with Crippen LogP contribution in [0.4, 0.5) is 0 Å². The Balaban J connectivity index is 4.17. The van der Waals surface area contributed by atoms with Crippen molar-refractivity contribution in [1.82, 2.24) is 5.32 Å². The summed E-state index contributed by atoms with van der Waals surface area (Å²) < 4.78 is 23.7. The fourth-order valence-electron chi connectivity index (χ4n) is 7.34. The minimum Gasteiger partial charge on any atom is -0.391 e. The third kappa shape index (κ3) is 47.9. The second-order valence-electron chi connectivity index (χ2n) is 18.9. The van der Waals surface area contributed by atoms with E-state index in [1.165, 1.54) is 109 Å². The molecule has 3 atom stereocenters. The molecule has 0 aromatic heterocycles. The number of phosphoric acid groups is 1. The SMILES string of the molecule is CC/C=C\C/C=C\C/C=C\C/C=C\C/C=C\C/C=C\CCCCCCCCCCCCC(=O)NC(COP(=O)(O)OCC[N+](C)(C)C)C(O)CCCCCCCCCCCCCCC. The number of aliphatic hydroxyl groups excluding tert-OH is 1. The van der Waals surface area contributed by atoms with E-state index in [0.717, 1.165) is 83.5 Å². The summed E-state index contributed by atoms with van der Waals surface area (Å²) in [7, 11) is 1.61. The van der Waals surface area contributed by atoms with E-state index in [0.29, 0.717) is 23.9 Å². The number of carbonyl (C=O) groups excluding carboxylic acids is 1. The predicted octanol–water partition coefficient (Wildman–Crippen LogP) is 15.5. The van der Waals surface area contributed by atoms with Gasteiger partial charge < -0.3 is 19.8 Å². The Morgan fingerprint density at radius 2 is 0.938 bits per heavy atom. The van der Waals surface area contributed by atoms with Gasteiger partial charge in [0.2, 0.25) is 5.91 Å². The molecule has 0 fully saturated rings. The molecular formula is C55H102N2O6P+. The summed E-state index contributed by atoms with van der Waals surface area (Å²) in [4.78, 5) is 23.2. The van der Waals surface area contributed by atoms with Gasteiger partial charge in [0.05, 0.1) is 39.9 Å². The number of nitrogens with one attached hydrogen (secondary N) is 1. The number of aliphatic hydroxyl groups is 1. The number of unbranched alkanes of at least 4 members (excludes halogenated alkanes) is 22. The molecule has 0 rings (SSSR count). The van der Waals surface area contributed by atoms with E-state index in [1.54, 1.807) is 0 Å². The van der Waals surface area contributed by atoms with E-state index in [9.17, 15) is 19.4 Å². The van der Waals surface area contributed by atoms with Gasteiger partial charge >= 0.3 is 7.82 Å². The highest BCUT2D eigenvalue weighted by atomic mass is 31.2. The van der Waals surface area contributed by atoms with Crippen molar-refractivity contribution >= 4 is 13.7 Å². The number of rotatable bonds is 47. The van der Waals surface area contributed by atoms with Gasteiger partial charge in [0.25, 0.3) is 0 Å². The normalized spacial score (nSPS) is 14.7. The van der Waals surface area contributed by atoms with Crippen molar-refractivity contribution in [3.8, 4) is 0 Å². The second-order valence-corrected chi connectivity index (χ2v) is 20.3. The van der Waals surface area contributed by atoms with Crippen molar-refractivity contribution in [2.45, 2.75) is 231 Å². The lowest BCUT2D eigenvalue weighted by Crippen LogP contribution is -2.46. The summed E-state index contributed by atoms with van der Waals surface area (Å²) in [6, 6.07) is -0.766. The molecule has 0 aromatic carbocycles. The molecule has 372 valence electrons. The Morgan fingerprint density at radius 3 is 1.38 bits per heavy atom. The monoisotopic (exact) mass is 918 g/mol. The Bertz CT molecular complexity index is 1270. The fourth-order valence-corrected chi connectivity index (χ4v) is 8.08. The molecule has 1 amide bonds. The van der Waals surface area contributed by atoms with Gasteiger partial charge in [-0.15, -0.1) is 0 Å². The summed E-state index contributed by atoms with van der Waals surface area (Å²) >= 11 is 0. The quantitative estimate of drug-likeness (QED) is 0.0243. The molecule has 0 aromatic rings. The van der Waals surface area contributed by atoms with Gasteiger partial charge in [-0.05, 0) is 64.2 Å². The summed E-state index contributed by atoms with van der Waals surface area (Å²) in [6.07, 6.45) is 62.3. The van der Waals surface area contributed by atoms with Crippen LogP contribution in [0.2, 0.25) is 0 Å². The van der Waals surface area contributed by atoms with Crippen molar-refractivity contribution < 1.29 is 32.9 Å². The van der Waals surface area contributed by atoms with E-state index < -0.39 is 20.0 Å². The number of amides is 1. The fraction of sp³-hybridized carbons (Fsp3) is 0.764. The number of hydrogen-bond donors (Lipinski definition) is 3. The van der Waals surface area contributed by atoms with Gasteiger partial charge in [0, 0.05) is 6.42 Å². The van der Waals surface area contributed by atoms with Crippen LogP contribution in [-0.2, 0) is 18.4 Å². The standard InChI is InChI=1S/C55H101N2O6P/c1-6-8-10-12-14-16-18-20-21-22-23-24-25-26-27-28-29-30-31-32-33-34-35-37-39-41-43-45-47-49-55(59)56-53(52-63-64(60,61)62-51-50-57(3,4)5)54(58)48-46-44-42-40-38-36-19-17-15-13-11-9-7-2/h8,10,14,16,20-21,23-24,26-27,29-30,53-54,58H,6-7,9,11-13,15,17-19,22,25,28,31-52H2,1-5H3,(H-,56,59,60,61)/p+1/b10-8-,16-14-,21-20-,24-23-,27-26-,30-29-. The van der Waals surface area contributed by atoms with E-state index >= 15 is 0 Å². The average Bonchev–Trinajstić information content (AvgIpc) is 3.25. The van der Waals surface area contributed by atoms with E-state index in [2.05, 4.69) is 92.1 Å². The van der Waals surface area contributed by atoms with Crippen LogP contribution in [0.1, 0.15) is 219 Å². The number of allylic oxidation sites excluding steroid dienone is 12. The molecule has 8 nitrogen and oxygen atoms in total. The molecule has 0 aliphatic heterocycles. The van der Waals surface area contributed by atoms with Crippen molar-refractivity contribution in [2.24, 2.45) is 0 Å². The van der Waals surface area contributed by atoms with Crippen LogP contribution < -0.4 is 5.32 Å². The van der Waals surface area contributed by atoms with Gasteiger partial charge in [-0.2, -0.15) is 0 Å². The lowest BCUT2D eigenvalue weighted by Gasteiger charge is -2.26. The molecule has 0 heterocycles. The molecule has 64 heavy (non-hydrogen) atoms. The molecule has 0 saturated carbocycles. The number of nitrogens with zero attached hydrogens (tertiary/aromatic N) is 1. The van der Waals surface area contributed by atoms with Crippen LogP contribution in [0, 0.1) is 0 Å². The lowest BCUT2D eigenvalue weighted by atomic mass is 10.0. The molecule has 0 aliphatic carbocycles. The summed E-state index contributed by atoms with van der Waals surface area (Å²) in [6.45, 7) is 4.76. The third-order valence-electron chi connectivity index (χ3n) is 11.5. The third-order valence-corrected chi connectivity index (χ3v) is 12.5. The van der Waals surface area contributed by atoms with Crippen molar-refractivity contribution in [3.63, 3.8) is 0 Å². The zero-order valence-corrected chi connectivity index (χ0v) is 43.1. The van der Waals surface area contributed by atoms with Crippen LogP contribution in [0.5, 0.6) is 0 Å². The Kier molecular flexibility index (Phi) is 44.6. The number of carbonyl (C=O) groups is 1. The smallest absolute Gasteiger partial charge is 0.391 e. The molecule has 9 heteroatoms. The minimum atomic E-state index is -4.32. The van der Waals surface area contributed by atoms with Crippen LogP contribution in [-0.4, -0.2) is 73.4 Å². The van der Waals surface area contributed by atoms with Crippen molar-refractivity contribution in [1.29, 1.82) is 0 Å². The number of hydrogen-bond acceptors (Lipinski definition) is 5. The van der Waals surface area contributed by atoms with Crippen LogP contribution >= 0.6 is 7.82 Å². The Morgan fingerprint density at radius 1 is 0.547 bits per heavy atom. The highest BCUT2D eigenvalue weighted by molar-refractivity contribution is 7.47. The average molecular weight is 918 g/mol. The largest absolute Gasteiger partial charge is 0.472 e. The Labute approximate surface area is 395 Å². The van der Waals surface area contributed by atoms with Crippen LogP contribution in [0.15, 0.2) is 72.9 Å². The highest BCUT2D eigenvalue weighted by Gasteiger charge is 2.28. The summed E-state index contributed by atoms with van der Waals surface area (Å²) in [5.74, 6) is -0.152. The molecule has 0 radical (unpaired) electrons. The maximum atomic E-state index is 13.0. The van der Waals surface area contributed by atoms with Gasteiger partial charge in [0.1, 0.15) is 13.2 Å². The zero-order valence-electron chi connectivity index (χ0n) is 42.3. The molecular weight excluding hydrogens is 816 g/mol. The second kappa shape index (κ2) is 46.1. The van der Waals surface area contributed by atoms with Crippen molar-refractivity contribution in [3.05, 3.63) is 72.9 Å². The van der Waals surface area contributed by atoms with E-state index in [-0.39, 0.29) is 19.1 Å². The molecule has 3 unspecified atom stereocenters. The van der Waals surface area contributed by atoms with Crippen LogP contribution in [0.25, 0.3) is 0 Å². The molecule has 0 spiro atoms. The Hall–Kier alpha value is -2.06. The highest BCUT2D eigenvalue weighted by Crippen LogP contribution is 2.43. The predicted molar refractivity (Wildman–Crippen MR) is 276 cm³/mol. The van der Waals surface area contributed by atoms with Crippen LogP contribution in [0.3, 0.4) is 0 Å². The van der Waals surface area contributed by atoms with Gasteiger partial charge in [-0.1, -0.05) is 222 Å². The first-order chi connectivity index (χ1) is 31.0. The number of phosphoric ester groups is 1. The van der Waals surface area contributed by atoms with Gasteiger partial charge in [-0.25, -0.2) is 4.57 Å². The molecule has 3 N–H and O–H groups in total. The topological polar surface area (TPSA) is 105 Å². The summed E-state index contributed by atoms with van der Waals surface area (Å²) in [5, 5.41) is 14.0. The molecule has 0 aliphatic rings. The summed E-state index contributed by atoms with van der Waals surface area (Å²) in [5.41, 5.74) is 0. The maximum Gasteiger partial charge on any atom is 0.472 e. The zero-order chi connectivity index (χ0) is 47.1.